The fourth-order valence-corrected chi connectivity index (χ4v) is 4.48. The van der Waals surface area contributed by atoms with Crippen molar-refractivity contribution in [2.24, 2.45) is 17.8 Å². The van der Waals surface area contributed by atoms with Crippen molar-refractivity contribution in [1.29, 1.82) is 0 Å². The Morgan fingerprint density at radius 3 is 2.84 bits per heavy atom. The lowest BCUT2D eigenvalue weighted by Gasteiger charge is -2.36. The first kappa shape index (κ1) is 16.8. The van der Waals surface area contributed by atoms with E-state index in [1.165, 1.54) is 30.5 Å². The number of fused-ring (bicyclic) bond motifs is 1. The second-order valence-corrected chi connectivity index (χ2v) is 8.29. The van der Waals surface area contributed by atoms with Crippen molar-refractivity contribution in [2.45, 2.75) is 39.0 Å². The van der Waals surface area contributed by atoms with Gasteiger partial charge in [0, 0.05) is 37.5 Å². The second kappa shape index (κ2) is 6.95. The number of hydrogen-bond acceptors (Lipinski definition) is 3. The van der Waals surface area contributed by atoms with Crippen LogP contribution in [0.2, 0.25) is 0 Å². The van der Waals surface area contributed by atoms with E-state index in [-0.39, 0.29) is 5.92 Å². The van der Waals surface area contributed by atoms with Crippen LogP contribution in [-0.4, -0.2) is 37.4 Å². The molecule has 2 aliphatic carbocycles. The molecule has 3 nitrogen and oxygen atoms in total. The molecule has 2 atom stereocenters. The highest BCUT2D eigenvalue weighted by atomic mass is 16.5. The third-order valence-electron chi connectivity index (χ3n) is 5.97. The number of hydrogen-bond donors (Lipinski definition) is 0. The van der Waals surface area contributed by atoms with Crippen LogP contribution >= 0.6 is 0 Å². The molecule has 3 heteroatoms. The van der Waals surface area contributed by atoms with E-state index >= 15 is 0 Å². The lowest BCUT2D eigenvalue weighted by molar-refractivity contribution is 0.0745. The molecule has 1 heterocycles. The number of ketones is 1. The summed E-state index contributed by atoms with van der Waals surface area (Å²) in [4.78, 5) is 15.7. The monoisotopic (exact) mass is 339 g/mol. The van der Waals surface area contributed by atoms with Crippen molar-refractivity contribution in [3.8, 4) is 0 Å². The van der Waals surface area contributed by atoms with Gasteiger partial charge in [0.1, 0.15) is 0 Å². The summed E-state index contributed by atoms with van der Waals surface area (Å²) in [6.45, 7) is 5.60. The van der Waals surface area contributed by atoms with Crippen molar-refractivity contribution in [3.63, 3.8) is 0 Å². The molecule has 3 aliphatic rings. The Kier molecular flexibility index (Phi) is 4.68. The van der Waals surface area contributed by atoms with Gasteiger partial charge < -0.3 is 9.64 Å². The van der Waals surface area contributed by atoms with Gasteiger partial charge in [-0.05, 0) is 60.8 Å². The van der Waals surface area contributed by atoms with E-state index in [1.54, 1.807) is 7.11 Å². The number of allylic oxidation sites excluding steroid dienone is 1. The van der Waals surface area contributed by atoms with Crippen molar-refractivity contribution >= 4 is 11.9 Å². The Morgan fingerprint density at radius 1 is 1.24 bits per heavy atom. The number of carbonyl (C=O) groups excluding carboxylic acids is 1. The predicted octanol–water partition coefficient (Wildman–Crippen LogP) is 4.17. The minimum Gasteiger partial charge on any atom is -0.501 e. The molecule has 2 fully saturated rings. The maximum Gasteiger partial charge on any atom is 0.167 e. The number of Topliss-reactive ketones (excluding diaryl/α,β-unsaturated/α-hetero) is 1. The van der Waals surface area contributed by atoms with E-state index in [0.717, 1.165) is 49.6 Å². The van der Waals surface area contributed by atoms with Crippen LogP contribution in [0.4, 0.5) is 0 Å². The van der Waals surface area contributed by atoms with Crippen molar-refractivity contribution in [3.05, 3.63) is 40.6 Å². The minimum absolute atomic E-state index is 0.161. The largest absolute Gasteiger partial charge is 0.501 e. The molecule has 1 saturated carbocycles. The number of nitrogens with zero attached hydrogens (tertiary/aromatic N) is 1. The fraction of sp³-hybridized carbons (Fsp3) is 0.591. The number of ether oxygens (including phenoxy) is 1. The van der Waals surface area contributed by atoms with E-state index < -0.39 is 0 Å². The van der Waals surface area contributed by atoms with Crippen LogP contribution in [0.5, 0.6) is 0 Å². The lowest BCUT2D eigenvalue weighted by Crippen LogP contribution is -2.43. The molecule has 1 aliphatic heterocycles. The second-order valence-electron chi connectivity index (χ2n) is 8.29. The molecule has 1 aromatic carbocycles. The number of methoxy groups -OCH3 is 1. The first-order valence-electron chi connectivity index (χ1n) is 9.76. The van der Waals surface area contributed by atoms with Crippen molar-refractivity contribution < 1.29 is 9.53 Å². The first-order valence-corrected chi connectivity index (χ1v) is 9.76. The molecule has 0 bridgehead atoms. The van der Waals surface area contributed by atoms with Gasteiger partial charge in [0.05, 0.1) is 12.9 Å². The molecule has 1 aromatic rings. The highest BCUT2D eigenvalue weighted by molar-refractivity contribution is 5.98. The van der Waals surface area contributed by atoms with Gasteiger partial charge in [-0.2, -0.15) is 0 Å². The Bertz CT molecular complexity index is 687. The summed E-state index contributed by atoms with van der Waals surface area (Å²) < 4.78 is 5.37. The SMILES string of the molecule is COC1=Cc2ccc(C(=O)[C@H]3C[C@@H](C)CN(CC4CC4)C3)cc2CC1. The quantitative estimate of drug-likeness (QED) is 0.754. The molecule has 4 rings (SSSR count). The molecule has 0 aromatic heterocycles. The van der Waals surface area contributed by atoms with Crippen LogP contribution in [0.15, 0.2) is 24.0 Å². The summed E-state index contributed by atoms with van der Waals surface area (Å²) >= 11 is 0. The predicted molar refractivity (Wildman–Crippen MR) is 101 cm³/mol. The molecule has 1 saturated heterocycles. The van der Waals surface area contributed by atoms with E-state index in [0.29, 0.717) is 11.7 Å². The Morgan fingerprint density at radius 2 is 2.08 bits per heavy atom. The Balaban J connectivity index is 1.49. The van der Waals surface area contributed by atoms with E-state index in [4.69, 9.17) is 4.74 Å². The summed E-state index contributed by atoms with van der Waals surface area (Å²) in [6.07, 6.45) is 7.79. The number of likely N-dealkylation sites (tertiary alicyclic amines) is 1. The van der Waals surface area contributed by atoms with Crippen LogP contribution in [0, 0.1) is 17.8 Å². The third-order valence-corrected chi connectivity index (χ3v) is 5.97. The van der Waals surface area contributed by atoms with Gasteiger partial charge in [-0.1, -0.05) is 19.1 Å². The van der Waals surface area contributed by atoms with Gasteiger partial charge in [0.25, 0.3) is 0 Å². The van der Waals surface area contributed by atoms with E-state index in [9.17, 15) is 4.79 Å². The Hall–Kier alpha value is -1.61. The molecule has 0 N–H and O–H groups in total. The number of piperidine rings is 1. The van der Waals surface area contributed by atoms with Gasteiger partial charge >= 0.3 is 0 Å². The summed E-state index contributed by atoms with van der Waals surface area (Å²) in [5.41, 5.74) is 3.39. The number of rotatable bonds is 5. The van der Waals surface area contributed by atoms with Crippen LogP contribution < -0.4 is 0 Å². The van der Waals surface area contributed by atoms with Gasteiger partial charge in [0.15, 0.2) is 5.78 Å². The van der Waals surface area contributed by atoms with E-state index in [1.807, 2.05) is 6.07 Å². The molecular formula is C22H29NO2. The van der Waals surface area contributed by atoms with Crippen molar-refractivity contribution in [2.75, 3.05) is 26.7 Å². The Labute approximate surface area is 151 Å². The molecular weight excluding hydrogens is 310 g/mol. The molecule has 25 heavy (non-hydrogen) atoms. The number of carbonyl (C=O) groups is 1. The van der Waals surface area contributed by atoms with Gasteiger partial charge in [-0.15, -0.1) is 0 Å². The van der Waals surface area contributed by atoms with Gasteiger partial charge in [-0.3, -0.25) is 4.79 Å². The third kappa shape index (κ3) is 3.82. The molecule has 0 unspecified atom stereocenters. The molecule has 0 amide bonds. The van der Waals surface area contributed by atoms with Gasteiger partial charge in [0.2, 0.25) is 0 Å². The van der Waals surface area contributed by atoms with Crippen LogP contribution in [0.1, 0.15) is 54.1 Å². The lowest BCUT2D eigenvalue weighted by atomic mass is 9.83. The maximum absolute atomic E-state index is 13.1. The molecule has 0 spiro atoms. The first-order chi connectivity index (χ1) is 12.1. The zero-order valence-electron chi connectivity index (χ0n) is 15.5. The molecule has 0 radical (unpaired) electrons. The zero-order chi connectivity index (χ0) is 17.4. The smallest absolute Gasteiger partial charge is 0.167 e. The highest BCUT2D eigenvalue weighted by Gasteiger charge is 2.33. The molecule has 134 valence electrons. The van der Waals surface area contributed by atoms with Gasteiger partial charge in [-0.25, -0.2) is 0 Å². The number of aryl methyl sites for hydroxylation is 1. The normalized spacial score (nSPS) is 26.7. The number of benzene rings is 1. The zero-order valence-corrected chi connectivity index (χ0v) is 15.5. The highest BCUT2D eigenvalue weighted by Crippen LogP contribution is 2.33. The summed E-state index contributed by atoms with van der Waals surface area (Å²) in [6, 6.07) is 6.24. The topological polar surface area (TPSA) is 29.5 Å². The summed E-state index contributed by atoms with van der Waals surface area (Å²) in [5, 5.41) is 0. The summed E-state index contributed by atoms with van der Waals surface area (Å²) in [7, 11) is 1.73. The standard InChI is InChI=1S/C22H29NO2/c1-15-9-20(14-23(12-15)13-16-3-4-16)22(24)19-6-5-18-11-21(25-2)8-7-17(18)10-19/h5-6,10-11,15-16,20H,3-4,7-9,12-14H2,1-2H3/t15-,20+/m1/s1. The van der Waals surface area contributed by atoms with Crippen LogP contribution in [0.25, 0.3) is 6.08 Å². The van der Waals surface area contributed by atoms with E-state index in [2.05, 4.69) is 30.0 Å². The average Bonchev–Trinajstić information content (AvgIpc) is 3.43. The summed E-state index contributed by atoms with van der Waals surface area (Å²) in [5.74, 6) is 3.05. The maximum atomic E-state index is 13.1. The minimum atomic E-state index is 0.161. The van der Waals surface area contributed by atoms with Crippen LogP contribution in [0.3, 0.4) is 0 Å². The average molecular weight is 339 g/mol. The van der Waals surface area contributed by atoms with Crippen molar-refractivity contribution in [1.82, 2.24) is 4.90 Å². The fourth-order valence-electron chi connectivity index (χ4n) is 4.48. The van der Waals surface area contributed by atoms with Crippen LogP contribution in [-0.2, 0) is 11.2 Å².